The molecule has 0 radical (unpaired) electrons. The summed E-state index contributed by atoms with van der Waals surface area (Å²) in [5.41, 5.74) is 0.182. The summed E-state index contributed by atoms with van der Waals surface area (Å²) >= 11 is 0. The molecule has 116 valence electrons. The largest absolute Gasteiger partial charge is 0.550 e. The van der Waals surface area contributed by atoms with Crippen molar-refractivity contribution in [3.8, 4) is 0 Å². The summed E-state index contributed by atoms with van der Waals surface area (Å²) < 4.78 is 0. The average molecular weight is 303 g/mol. The fraction of sp³-hybridized carbons (Fsp3) is 0.467. The second-order valence-electron chi connectivity index (χ2n) is 6.00. The molecule has 4 atom stereocenters. The molecule has 22 heavy (non-hydrogen) atoms. The van der Waals surface area contributed by atoms with Crippen LogP contribution in [-0.4, -0.2) is 16.8 Å². The zero-order valence-electron chi connectivity index (χ0n) is 11.7. The maximum atomic E-state index is 12.4. The third-order valence-corrected chi connectivity index (χ3v) is 4.82. The van der Waals surface area contributed by atoms with Crippen molar-refractivity contribution in [1.29, 1.82) is 0 Å². The molecule has 1 aromatic carbocycles. The quantitative estimate of drug-likeness (QED) is 0.657. The van der Waals surface area contributed by atoms with Crippen LogP contribution < -0.4 is 10.4 Å². The van der Waals surface area contributed by atoms with E-state index in [1.165, 1.54) is 18.2 Å². The summed E-state index contributed by atoms with van der Waals surface area (Å²) in [7, 11) is 0. The number of benzene rings is 1. The number of carbonyl (C=O) groups excluding carboxylic acids is 2. The van der Waals surface area contributed by atoms with Gasteiger partial charge in [-0.25, -0.2) is 0 Å². The van der Waals surface area contributed by atoms with Crippen LogP contribution in [-0.2, 0) is 9.59 Å². The maximum Gasteiger partial charge on any atom is 0.271 e. The first kappa shape index (κ1) is 14.5. The molecule has 0 heterocycles. The first-order valence-electron chi connectivity index (χ1n) is 7.23. The minimum absolute atomic E-state index is 0.0101. The molecule has 1 amide bonds. The predicted octanol–water partition coefficient (Wildman–Crippen LogP) is 0.945. The molecule has 2 bridgehead atoms. The van der Waals surface area contributed by atoms with E-state index >= 15 is 0 Å². The monoisotopic (exact) mass is 303 g/mol. The van der Waals surface area contributed by atoms with Gasteiger partial charge in [0.2, 0.25) is 5.91 Å². The van der Waals surface area contributed by atoms with Crippen molar-refractivity contribution in [1.82, 2.24) is 0 Å². The van der Waals surface area contributed by atoms with Gasteiger partial charge in [-0.3, -0.25) is 14.9 Å². The highest BCUT2D eigenvalue weighted by molar-refractivity contribution is 5.96. The van der Waals surface area contributed by atoms with E-state index in [0.717, 1.165) is 19.3 Å². The van der Waals surface area contributed by atoms with Crippen molar-refractivity contribution in [2.75, 3.05) is 5.32 Å². The Morgan fingerprint density at radius 3 is 2.50 bits per heavy atom. The van der Waals surface area contributed by atoms with Crippen LogP contribution in [0.25, 0.3) is 0 Å². The molecule has 0 unspecified atom stereocenters. The molecule has 1 N–H and O–H groups in total. The van der Waals surface area contributed by atoms with Gasteiger partial charge < -0.3 is 15.2 Å². The molecule has 7 heteroatoms. The lowest BCUT2D eigenvalue weighted by atomic mass is 9.78. The number of hydrogen-bond donors (Lipinski definition) is 1. The number of rotatable bonds is 4. The standard InChI is InChI=1S/C15H16N2O5/c18-14(16-10-2-1-3-11(7-10)17(21)22)12-8-4-5-9(6-8)13(12)15(19)20/h1-3,7-9,12-13H,4-6H2,(H,16,18)(H,19,20)/p-1/t8-,9-,12+,13-/m0/s1. The summed E-state index contributed by atoms with van der Waals surface area (Å²) in [5.74, 6) is -2.85. The minimum atomic E-state index is -1.17. The molecule has 2 saturated carbocycles. The highest BCUT2D eigenvalue weighted by Crippen LogP contribution is 2.52. The molecule has 3 rings (SSSR count). The van der Waals surface area contributed by atoms with Gasteiger partial charge in [-0.2, -0.15) is 0 Å². The Bertz CT molecular complexity index is 645. The summed E-state index contributed by atoms with van der Waals surface area (Å²) in [6.45, 7) is 0. The van der Waals surface area contributed by atoms with Gasteiger partial charge in [-0.15, -0.1) is 0 Å². The maximum absolute atomic E-state index is 12.4. The second kappa shape index (κ2) is 5.40. The SMILES string of the molecule is O=C(Nc1cccc([N+](=O)[O-])c1)[C@@H]1[C@H]2CC[C@@H](C2)[C@@H]1C(=O)[O-]. The number of nitro benzene ring substituents is 1. The van der Waals surface area contributed by atoms with Gasteiger partial charge in [-0.05, 0) is 37.2 Å². The van der Waals surface area contributed by atoms with E-state index in [-0.39, 0.29) is 23.4 Å². The van der Waals surface area contributed by atoms with Crippen molar-refractivity contribution in [3.05, 3.63) is 34.4 Å². The molecule has 0 aromatic heterocycles. The smallest absolute Gasteiger partial charge is 0.271 e. The van der Waals surface area contributed by atoms with Gasteiger partial charge in [0.25, 0.3) is 5.69 Å². The molecule has 7 nitrogen and oxygen atoms in total. The number of carbonyl (C=O) groups is 2. The number of carboxylic acid groups (broad SMARTS) is 1. The average Bonchev–Trinajstić information content (AvgIpc) is 3.07. The van der Waals surface area contributed by atoms with E-state index in [4.69, 9.17) is 0 Å². The third kappa shape index (κ3) is 2.43. The Morgan fingerprint density at radius 2 is 1.86 bits per heavy atom. The van der Waals surface area contributed by atoms with Gasteiger partial charge in [0.1, 0.15) is 0 Å². The summed E-state index contributed by atoms with van der Waals surface area (Å²) in [5, 5.41) is 24.7. The zero-order chi connectivity index (χ0) is 15.9. The number of carboxylic acids is 1. The lowest BCUT2D eigenvalue weighted by Gasteiger charge is -2.30. The van der Waals surface area contributed by atoms with Crippen LogP contribution >= 0.6 is 0 Å². The zero-order valence-corrected chi connectivity index (χ0v) is 11.7. The normalized spacial score (nSPS) is 29.3. The summed E-state index contributed by atoms with van der Waals surface area (Å²) in [6, 6.07) is 5.62. The first-order valence-corrected chi connectivity index (χ1v) is 7.23. The van der Waals surface area contributed by atoms with Gasteiger partial charge in [-0.1, -0.05) is 6.07 Å². The molecule has 2 aliphatic carbocycles. The summed E-state index contributed by atoms with van der Waals surface area (Å²) in [6.07, 6.45) is 2.41. The van der Waals surface area contributed by atoms with Crippen molar-refractivity contribution >= 4 is 23.3 Å². The van der Waals surface area contributed by atoms with E-state index in [2.05, 4.69) is 5.32 Å². The number of hydrogen-bond acceptors (Lipinski definition) is 5. The lowest BCUT2D eigenvalue weighted by molar-refractivity contribution is -0.384. The van der Waals surface area contributed by atoms with Crippen molar-refractivity contribution in [2.45, 2.75) is 19.3 Å². The molecule has 2 aliphatic rings. The van der Waals surface area contributed by atoms with E-state index in [0.29, 0.717) is 5.69 Å². The van der Waals surface area contributed by atoms with Crippen LogP contribution in [0.5, 0.6) is 0 Å². The molecule has 0 saturated heterocycles. The number of nitro groups is 1. The Morgan fingerprint density at radius 1 is 1.18 bits per heavy atom. The van der Waals surface area contributed by atoms with Crippen LogP contribution in [0.2, 0.25) is 0 Å². The number of non-ortho nitro benzene ring substituents is 1. The Hall–Kier alpha value is -2.44. The van der Waals surface area contributed by atoms with Crippen LogP contribution in [0.1, 0.15) is 19.3 Å². The fourth-order valence-electron chi connectivity index (χ4n) is 3.93. The van der Waals surface area contributed by atoms with Crippen molar-refractivity contribution < 1.29 is 19.6 Å². The Labute approximate surface area is 126 Å². The van der Waals surface area contributed by atoms with Gasteiger partial charge >= 0.3 is 0 Å². The number of amides is 1. The predicted molar refractivity (Wildman–Crippen MR) is 74.5 cm³/mol. The first-order chi connectivity index (χ1) is 10.5. The molecular weight excluding hydrogens is 288 g/mol. The van der Waals surface area contributed by atoms with E-state index < -0.39 is 22.7 Å². The van der Waals surface area contributed by atoms with E-state index in [1.807, 2.05) is 0 Å². The minimum Gasteiger partial charge on any atom is -0.550 e. The summed E-state index contributed by atoms with van der Waals surface area (Å²) in [4.78, 5) is 34.0. The van der Waals surface area contributed by atoms with Crippen LogP contribution in [0.3, 0.4) is 0 Å². The van der Waals surface area contributed by atoms with Gasteiger partial charge in [0.15, 0.2) is 0 Å². The molecule has 1 aromatic rings. The second-order valence-corrected chi connectivity index (χ2v) is 6.00. The van der Waals surface area contributed by atoms with Gasteiger partial charge in [0.05, 0.1) is 4.92 Å². The van der Waals surface area contributed by atoms with E-state index in [9.17, 15) is 24.8 Å². The topological polar surface area (TPSA) is 112 Å². The third-order valence-electron chi connectivity index (χ3n) is 4.82. The lowest BCUT2D eigenvalue weighted by Crippen LogP contribution is -2.43. The highest BCUT2D eigenvalue weighted by atomic mass is 16.6. The van der Waals surface area contributed by atoms with Crippen molar-refractivity contribution in [2.24, 2.45) is 23.7 Å². The fourth-order valence-corrected chi connectivity index (χ4v) is 3.93. The van der Waals surface area contributed by atoms with Gasteiger partial charge in [0, 0.05) is 35.6 Å². The van der Waals surface area contributed by atoms with E-state index in [1.54, 1.807) is 6.07 Å². The highest BCUT2D eigenvalue weighted by Gasteiger charge is 2.51. The Balaban J connectivity index is 1.78. The Kier molecular flexibility index (Phi) is 3.56. The number of nitrogens with one attached hydrogen (secondary N) is 1. The van der Waals surface area contributed by atoms with Crippen LogP contribution in [0.4, 0.5) is 11.4 Å². The van der Waals surface area contributed by atoms with Crippen LogP contribution in [0, 0.1) is 33.8 Å². The number of anilines is 1. The number of nitrogens with zero attached hydrogens (tertiary/aromatic N) is 1. The molecule has 0 aliphatic heterocycles. The molecular formula is C15H15N2O5-. The molecule has 0 spiro atoms. The van der Waals surface area contributed by atoms with Crippen LogP contribution in [0.15, 0.2) is 24.3 Å². The number of fused-ring (bicyclic) bond motifs is 2. The number of aliphatic carboxylic acids is 1. The molecule has 2 fully saturated rings. The van der Waals surface area contributed by atoms with Crippen molar-refractivity contribution in [3.63, 3.8) is 0 Å².